The van der Waals surface area contributed by atoms with Crippen LogP contribution in [0.15, 0.2) is 18.2 Å². The molecule has 0 amide bonds. The Hall–Kier alpha value is -1.82. The molecule has 19 heavy (non-hydrogen) atoms. The van der Waals surface area contributed by atoms with Crippen molar-refractivity contribution in [1.29, 1.82) is 0 Å². The minimum Gasteiger partial charge on any atom is -0.493 e. The van der Waals surface area contributed by atoms with E-state index in [1.807, 2.05) is 20.9 Å². The number of likely N-dealkylation sites (N-methyl/N-ethyl adjacent to an activating group) is 1. The van der Waals surface area contributed by atoms with E-state index in [1.165, 1.54) is 12.1 Å². The van der Waals surface area contributed by atoms with Crippen molar-refractivity contribution in [3.05, 3.63) is 28.3 Å². The van der Waals surface area contributed by atoms with Gasteiger partial charge in [-0.2, -0.15) is 0 Å². The highest BCUT2D eigenvalue weighted by atomic mass is 16.6. The number of nitrogens with zero attached hydrogens (tertiary/aromatic N) is 1. The molecule has 1 aromatic rings. The van der Waals surface area contributed by atoms with Crippen LogP contribution >= 0.6 is 0 Å². The molecule has 0 spiro atoms. The first-order chi connectivity index (χ1) is 9.06. The normalized spacial score (nSPS) is 11.9. The number of benzene rings is 1. The van der Waals surface area contributed by atoms with Crippen molar-refractivity contribution in [3.8, 4) is 11.5 Å². The van der Waals surface area contributed by atoms with Crippen LogP contribution in [0.4, 0.5) is 5.69 Å². The smallest absolute Gasteiger partial charge is 0.276 e. The van der Waals surface area contributed by atoms with Gasteiger partial charge in [-0.15, -0.1) is 0 Å². The van der Waals surface area contributed by atoms with Gasteiger partial charge in [0.2, 0.25) is 0 Å². The second-order valence-corrected chi connectivity index (χ2v) is 4.25. The Morgan fingerprint density at radius 1 is 1.37 bits per heavy atom. The summed E-state index contributed by atoms with van der Waals surface area (Å²) in [6.07, 6.45) is 0.765. The van der Waals surface area contributed by atoms with E-state index in [4.69, 9.17) is 9.47 Å². The Bertz CT molecular complexity index is 423. The van der Waals surface area contributed by atoms with E-state index in [2.05, 4.69) is 5.32 Å². The maximum Gasteiger partial charge on any atom is 0.276 e. The molecular weight excluding hydrogens is 248 g/mol. The molecule has 0 aliphatic heterocycles. The molecule has 0 bridgehead atoms. The standard InChI is InChI=1S/C13H20N2O4/c1-4-5-18-12-6-11(15(16)17)7-13(8-12)19-10(2)9-14-3/h6-8,10,14H,4-5,9H2,1-3H3. The average Bonchev–Trinajstić information content (AvgIpc) is 2.36. The number of hydrogen-bond donors (Lipinski definition) is 1. The zero-order chi connectivity index (χ0) is 14.3. The van der Waals surface area contributed by atoms with Gasteiger partial charge in [0.05, 0.1) is 23.7 Å². The van der Waals surface area contributed by atoms with Gasteiger partial charge < -0.3 is 14.8 Å². The molecule has 0 aromatic heterocycles. The number of nitro groups is 1. The second-order valence-electron chi connectivity index (χ2n) is 4.25. The van der Waals surface area contributed by atoms with Crippen LogP contribution in [-0.4, -0.2) is 31.2 Å². The SMILES string of the molecule is CCCOc1cc(OC(C)CNC)cc([N+](=O)[O-])c1. The number of nitrogens with one attached hydrogen (secondary N) is 1. The van der Waals surface area contributed by atoms with Crippen molar-refractivity contribution >= 4 is 5.69 Å². The maximum absolute atomic E-state index is 10.9. The molecule has 0 heterocycles. The van der Waals surface area contributed by atoms with Crippen molar-refractivity contribution in [3.63, 3.8) is 0 Å². The summed E-state index contributed by atoms with van der Waals surface area (Å²) in [6, 6.07) is 4.49. The van der Waals surface area contributed by atoms with Gasteiger partial charge in [-0.3, -0.25) is 10.1 Å². The topological polar surface area (TPSA) is 73.6 Å². The van der Waals surface area contributed by atoms with Crippen LogP contribution in [0.5, 0.6) is 11.5 Å². The van der Waals surface area contributed by atoms with Crippen LogP contribution in [0.1, 0.15) is 20.3 Å². The quantitative estimate of drug-likeness (QED) is 0.578. The molecule has 1 unspecified atom stereocenters. The summed E-state index contributed by atoms with van der Waals surface area (Å²) in [6.45, 7) is 5.05. The van der Waals surface area contributed by atoms with Gasteiger partial charge in [-0.1, -0.05) is 6.92 Å². The summed E-state index contributed by atoms with van der Waals surface area (Å²) in [5.74, 6) is 0.908. The van der Waals surface area contributed by atoms with Gasteiger partial charge in [0.1, 0.15) is 17.6 Å². The lowest BCUT2D eigenvalue weighted by Crippen LogP contribution is -2.26. The Morgan fingerprint density at radius 3 is 2.63 bits per heavy atom. The third-order valence-electron chi connectivity index (χ3n) is 2.38. The van der Waals surface area contributed by atoms with Gasteiger partial charge in [-0.05, 0) is 20.4 Å². The first-order valence-corrected chi connectivity index (χ1v) is 6.30. The van der Waals surface area contributed by atoms with Crippen LogP contribution < -0.4 is 14.8 Å². The Morgan fingerprint density at radius 2 is 2.05 bits per heavy atom. The van der Waals surface area contributed by atoms with Crippen LogP contribution in [-0.2, 0) is 0 Å². The van der Waals surface area contributed by atoms with Crippen LogP contribution in [0.3, 0.4) is 0 Å². The van der Waals surface area contributed by atoms with E-state index >= 15 is 0 Å². The highest BCUT2D eigenvalue weighted by molar-refractivity contribution is 5.46. The van der Waals surface area contributed by atoms with Gasteiger partial charge in [0.15, 0.2) is 0 Å². The van der Waals surface area contributed by atoms with E-state index in [1.54, 1.807) is 6.07 Å². The predicted molar refractivity (Wildman–Crippen MR) is 72.9 cm³/mol. The molecule has 1 aromatic carbocycles. The molecular formula is C13H20N2O4. The van der Waals surface area contributed by atoms with Gasteiger partial charge in [-0.25, -0.2) is 0 Å². The molecule has 106 valence electrons. The van der Waals surface area contributed by atoms with Gasteiger partial charge >= 0.3 is 0 Å². The van der Waals surface area contributed by atoms with Crippen LogP contribution in [0.25, 0.3) is 0 Å². The Balaban J connectivity index is 2.89. The lowest BCUT2D eigenvalue weighted by molar-refractivity contribution is -0.385. The van der Waals surface area contributed by atoms with Crippen LogP contribution in [0.2, 0.25) is 0 Å². The molecule has 0 radical (unpaired) electrons. The highest BCUT2D eigenvalue weighted by Gasteiger charge is 2.13. The lowest BCUT2D eigenvalue weighted by Gasteiger charge is -2.15. The number of rotatable bonds is 8. The largest absolute Gasteiger partial charge is 0.493 e. The van der Waals surface area contributed by atoms with Crippen molar-refractivity contribution in [2.24, 2.45) is 0 Å². The van der Waals surface area contributed by atoms with E-state index < -0.39 is 4.92 Å². The molecule has 0 saturated heterocycles. The number of nitro benzene ring substituents is 1. The van der Waals surface area contributed by atoms with Crippen molar-refractivity contribution in [2.75, 3.05) is 20.2 Å². The summed E-state index contributed by atoms with van der Waals surface area (Å²) >= 11 is 0. The first kappa shape index (κ1) is 15.2. The summed E-state index contributed by atoms with van der Waals surface area (Å²) < 4.78 is 11.0. The fourth-order valence-corrected chi connectivity index (χ4v) is 1.59. The zero-order valence-electron chi connectivity index (χ0n) is 11.5. The third kappa shape index (κ3) is 5.13. The molecule has 0 saturated carbocycles. The number of non-ortho nitro benzene ring substituents is 1. The minimum atomic E-state index is -0.450. The molecule has 6 nitrogen and oxygen atoms in total. The second kappa shape index (κ2) is 7.58. The van der Waals surface area contributed by atoms with E-state index in [-0.39, 0.29) is 11.8 Å². The van der Waals surface area contributed by atoms with Crippen LogP contribution in [0, 0.1) is 10.1 Å². The summed E-state index contributed by atoms with van der Waals surface area (Å²) in [5.41, 5.74) is -0.0275. The van der Waals surface area contributed by atoms with E-state index in [9.17, 15) is 10.1 Å². The number of hydrogen-bond acceptors (Lipinski definition) is 5. The van der Waals surface area contributed by atoms with E-state index in [0.717, 1.165) is 6.42 Å². The van der Waals surface area contributed by atoms with Gasteiger partial charge in [0, 0.05) is 12.6 Å². The predicted octanol–water partition coefficient (Wildman–Crippen LogP) is 2.37. The Kier molecular flexibility index (Phi) is 6.08. The fourth-order valence-electron chi connectivity index (χ4n) is 1.59. The average molecular weight is 268 g/mol. The van der Waals surface area contributed by atoms with E-state index in [0.29, 0.717) is 24.7 Å². The van der Waals surface area contributed by atoms with Crippen molar-refractivity contribution < 1.29 is 14.4 Å². The molecule has 1 N–H and O–H groups in total. The lowest BCUT2D eigenvalue weighted by atomic mass is 10.2. The summed E-state index contributed by atoms with van der Waals surface area (Å²) in [5, 5.41) is 13.9. The molecule has 0 aliphatic carbocycles. The van der Waals surface area contributed by atoms with Crippen molar-refractivity contribution in [2.45, 2.75) is 26.4 Å². The monoisotopic (exact) mass is 268 g/mol. The number of ether oxygens (including phenoxy) is 2. The molecule has 0 aliphatic rings. The minimum absolute atomic E-state index is 0.0275. The molecule has 1 rings (SSSR count). The molecule has 0 fully saturated rings. The summed E-state index contributed by atoms with van der Waals surface area (Å²) in [7, 11) is 1.82. The maximum atomic E-state index is 10.9. The van der Waals surface area contributed by atoms with Gasteiger partial charge in [0.25, 0.3) is 5.69 Å². The third-order valence-corrected chi connectivity index (χ3v) is 2.38. The van der Waals surface area contributed by atoms with Crippen molar-refractivity contribution in [1.82, 2.24) is 5.32 Å². The highest BCUT2D eigenvalue weighted by Crippen LogP contribution is 2.28. The fraction of sp³-hybridized carbons (Fsp3) is 0.538. The molecule has 1 atom stereocenters. The first-order valence-electron chi connectivity index (χ1n) is 6.30. The molecule has 6 heteroatoms. The Labute approximate surface area is 112 Å². The zero-order valence-corrected chi connectivity index (χ0v) is 11.5. The summed E-state index contributed by atoms with van der Waals surface area (Å²) in [4.78, 5) is 10.4.